The van der Waals surface area contributed by atoms with Gasteiger partial charge < -0.3 is 10.2 Å². The first-order valence-electron chi connectivity index (χ1n) is 12.7. The second-order valence-electron chi connectivity index (χ2n) is 8.01. The first-order valence-corrected chi connectivity index (χ1v) is 20.9. The third-order valence-corrected chi connectivity index (χ3v) is 16.5. The summed E-state index contributed by atoms with van der Waals surface area (Å²) in [7, 11) is 0. The van der Waals surface area contributed by atoms with E-state index >= 15 is 0 Å². The van der Waals surface area contributed by atoms with Gasteiger partial charge in [-0.25, -0.2) is 0 Å². The molecule has 0 amide bonds. The van der Waals surface area contributed by atoms with Crippen molar-refractivity contribution in [2.45, 2.75) is 122 Å². The Kier molecular flexibility index (Phi) is 40.9. The van der Waals surface area contributed by atoms with Crippen molar-refractivity contribution in [3.63, 3.8) is 0 Å². The maximum absolute atomic E-state index is 8.60. The van der Waals surface area contributed by atoms with Crippen LogP contribution in [0.5, 0.6) is 0 Å². The summed E-state index contributed by atoms with van der Waals surface area (Å²) in [4.78, 5) is 0. The number of aliphatic hydroxyl groups is 2. The summed E-state index contributed by atoms with van der Waals surface area (Å²) in [5.74, 6) is 0. The molecule has 4 heteroatoms. The van der Waals surface area contributed by atoms with Gasteiger partial charge in [0.05, 0.1) is 6.61 Å². The fourth-order valence-corrected chi connectivity index (χ4v) is 14.3. The van der Waals surface area contributed by atoms with E-state index in [-0.39, 0.29) is 0 Å². The standard InChI is InChI=1S/C7H13IO.C7H14O.3C4H9.Sn.H/c1-2-3-4-5-7(8)6-9;1-2-3-4-5-6-7-8;3*1-3-4-2;;/h2-3,7,9H,4-6H2,1H3;2-3,8H,4-7H2,1H3;3*1,3-4H2,2H3;;/b2*3-2+;;;;;. The summed E-state index contributed by atoms with van der Waals surface area (Å²) in [6.07, 6.45) is 22.5. The monoisotopic (exact) mass is 646 g/mol. The molecule has 0 radical (unpaired) electrons. The van der Waals surface area contributed by atoms with Crippen LogP contribution in [0.3, 0.4) is 0 Å². The molecule has 0 rings (SSSR count). The van der Waals surface area contributed by atoms with Gasteiger partial charge in [0.1, 0.15) is 0 Å². The Bertz CT molecular complexity index is 316. The average Bonchev–Trinajstić information content (AvgIpc) is 2.77. The van der Waals surface area contributed by atoms with Crippen LogP contribution in [0.25, 0.3) is 0 Å². The van der Waals surface area contributed by atoms with Crippen LogP contribution < -0.4 is 0 Å². The van der Waals surface area contributed by atoms with Crippen molar-refractivity contribution in [3.8, 4) is 0 Å². The van der Waals surface area contributed by atoms with E-state index in [0.717, 1.165) is 32.1 Å². The Morgan fingerprint density at radius 3 is 1.57 bits per heavy atom. The van der Waals surface area contributed by atoms with Crippen molar-refractivity contribution < 1.29 is 10.2 Å². The van der Waals surface area contributed by atoms with Gasteiger partial charge in [0.25, 0.3) is 0 Å². The van der Waals surface area contributed by atoms with Gasteiger partial charge in [0.2, 0.25) is 0 Å². The average molecular weight is 645 g/mol. The minimum absolute atomic E-state index is 0.304. The Balaban J connectivity index is -0.000000379. The number of aliphatic hydroxyl groups excluding tert-OH is 2. The van der Waals surface area contributed by atoms with Crippen LogP contribution >= 0.6 is 22.6 Å². The summed E-state index contributed by atoms with van der Waals surface area (Å²) >= 11 is 1.29. The molecule has 0 bridgehead atoms. The molecule has 2 N–H and O–H groups in total. The summed E-state index contributed by atoms with van der Waals surface area (Å²) < 4.78 is 5.51. The zero-order valence-electron chi connectivity index (χ0n) is 21.1. The van der Waals surface area contributed by atoms with E-state index in [4.69, 9.17) is 10.2 Å². The van der Waals surface area contributed by atoms with E-state index in [1.54, 1.807) is 13.3 Å². The molecule has 0 aromatic rings. The third-order valence-electron chi connectivity index (χ3n) is 4.99. The second kappa shape index (κ2) is 34.5. The number of rotatable bonds is 17. The van der Waals surface area contributed by atoms with Crippen LogP contribution in [0, 0.1) is 0 Å². The van der Waals surface area contributed by atoms with Crippen LogP contribution in [-0.4, -0.2) is 47.1 Å². The van der Waals surface area contributed by atoms with Crippen LogP contribution in [-0.2, 0) is 0 Å². The zero-order chi connectivity index (χ0) is 23.3. The molecule has 1 atom stereocenters. The quantitative estimate of drug-likeness (QED) is 0.0548. The predicted octanol–water partition coefficient (Wildman–Crippen LogP) is 8.48. The number of allylic oxidation sites excluding steroid dienone is 4. The summed E-state index contributed by atoms with van der Waals surface area (Å²) in [5.41, 5.74) is 0. The summed E-state index contributed by atoms with van der Waals surface area (Å²) in [6.45, 7) is 11.7. The fourth-order valence-electron chi connectivity index (χ4n) is 2.99. The topological polar surface area (TPSA) is 40.5 Å². The molecule has 0 aliphatic carbocycles. The number of unbranched alkanes of at least 4 members (excludes halogenated alkanes) is 5. The van der Waals surface area contributed by atoms with Gasteiger partial charge in [-0.1, -0.05) is 46.9 Å². The number of hydrogen-bond acceptors (Lipinski definition) is 2. The van der Waals surface area contributed by atoms with E-state index in [1.165, 1.54) is 38.5 Å². The van der Waals surface area contributed by atoms with Crippen LogP contribution in [0.1, 0.15) is 105 Å². The molecule has 0 fully saturated rings. The number of halogens is 1. The molecular weight excluding hydrogens is 590 g/mol. The molecule has 0 spiro atoms. The zero-order valence-corrected chi connectivity index (χ0v) is 26.5. The van der Waals surface area contributed by atoms with Crippen LogP contribution in [0.4, 0.5) is 0 Å². The van der Waals surface area contributed by atoms with E-state index in [1.807, 2.05) is 26.0 Å². The Hall–Kier alpha value is 0.929. The van der Waals surface area contributed by atoms with Crippen molar-refractivity contribution in [2.24, 2.45) is 0 Å². The summed E-state index contributed by atoms with van der Waals surface area (Å²) in [5, 5.41) is 16.9. The molecule has 0 aliphatic rings. The van der Waals surface area contributed by atoms with Crippen molar-refractivity contribution >= 4 is 42.4 Å². The van der Waals surface area contributed by atoms with Gasteiger partial charge in [0.15, 0.2) is 0 Å². The van der Waals surface area contributed by atoms with Gasteiger partial charge in [-0.3, -0.25) is 0 Å². The van der Waals surface area contributed by atoms with Crippen LogP contribution in [0.15, 0.2) is 24.3 Å². The van der Waals surface area contributed by atoms with E-state index < -0.39 is 19.8 Å². The van der Waals surface area contributed by atoms with E-state index in [0.29, 0.717) is 17.1 Å². The molecule has 0 saturated carbocycles. The number of alkyl halides is 1. The van der Waals surface area contributed by atoms with Crippen molar-refractivity contribution in [3.05, 3.63) is 24.3 Å². The fraction of sp³-hybridized carbons (Fsp3) is 0.846. The van der Waals surface area contributed by atoms with Gasteiger partial charge in [-0.15, -0.1) is 0 Å². The Morgan fingerprint density at radius 1 is 0.733 bits per heavy atom. The number of hydrogen-bond donors (Lipinski definition) is 2. The van der Waals surface area contributed by atoms with Gasteiger partial charge in [0, 0.05) is 10.5 Å². The molecule has 0 heterocycles. The van der Waals surface area contributed by atoms with Crippen molar-refractivity contribution in [1.82, 2.24) is 0 Å². The molecule has 2 nitrogen and oxygen atoms in total. The van der Waals surface area contributed by atoms with Crippen molar-refractivity contribution in [1.29, 1.82) is 0 Å². The van der Waals surface area contributed by atoms with Crippen LogP contribution in [0.2, 0.25) is 13.3 Å². The molecule has 30 heavy (non-hydrogen) atoms. The van der Waals surface area contributed by atoms with Gasteiger partial charge in [-0.05, 0) is 46.0 Å². The molecule has 0 saturated heterocycles. The maximum atomic E-state index is 8.60. The van der Waals surface area contributed by atoms with Gasteiger partial charge in [-0.2, -0.15) is 0 Å². The Morgan fingerprint density at radius 2 is 1.20 bits per heavy atom. The molecule has 1 unspecified atom stereocenters. The molecule has 182 valence electrons. The Labute approximate surface area is 211 Å². The normalized spacial score (nSPS) is 12.0. The first kappa shape index (κ1) is 35.5. The van der Waals surface area contributed by atoms with E-state index in [2.05, 4.69) is 55.5 Å². The molecule has 0 aromatic heterocycles. The third kappa shape index (κ3) is 36.3. The molecule has 0 aromatic carbocycles. The molecular formula is C26H55IO2Sn. The van der Waals surface area contributed by atoms with Gasteiger partial charge >= 0.3 is 92.4 Å². The van der Waals surface area contributed by atoms with Crippen molar-refractivity contribution in [2.75, 3.05) is 13.2 Å². The first-order chi connectivity index (χ1) is 14.6. The SMILES string of the molecule is C/C=C/CCC(I)CO.C/C=C/CCCCO.CCC[CH2][SnH]([CH2]CCC)[CH2]CCC. The second-order valence-corrected chi connectivity index (χ2v) is 19.7. The minimum atomic E-state index is -0.967. The predicted molar refractivity (Wildman–Crippen MR) is 151 cm³/mol. The summed E-state index contributed by atoms with van der Waals surface area (Å²) in [6, 6.07) is 0. The van der Waals surface area contributed by atoms with E-state index in [9.17, 15) is 0 Å². The molecule has 0 aliphatic heterocycles.